The zero-order chi connectivity index (χ0) is 18.0. The topological polar surface area (TPSA) is 89.3 Å². The maximum Gasteiger partial charge on any atom is 0.258 e. The first-order chi connectivity index (χ1) is 11.9. The number of halogens is 1. The van der Waals surface area contributed by atoms with Crippen LogP contribution in [0.15, 0.2) is 51.3 Å². The highest BCUT2D eigenvalue weighted by Crippen LogP contribution is 2.27. The van der Waals surface area contributed by atoms with Crippen molar-refractivity contribution in [1.82, 2.24) is 4.98 Å². The largest absolute Gasteiger partial charge is 0.463 e. The third-order valence-electron chi connectivity index (χ3n) is 3.40. The molecule has 0 spiro atoms. The second-order valence-corrected chi connectivity index (χ2v) is 8.55. The number of sulfone groups is 1. The summed E-state index contributed by atoms with van der Waals surface area (Å²) >= 11 is 7.14. The Morgan fingerprint density at radius 2 is 2.16 bits per heavy atom. The summed E-state index contributed by atoms with van der Waals surface area (Å²) in [6.45, 7) is 1.52. The lowest BCUT2D eigenvalue weighted by Crippen LogP contribution is -2.17. The van der Waals surface area contributed by atoms with E-state index in [-0.39, 0.29) is 21.2 Å². The van der Waals surface area contributed by atoms with Crippen LogP contribution in [0, 0.1) is 0 Å². The van der Waals surface area contributed by atoms with Crippen LogP contribution < -0.4 is 5.32 Å². The number of anilines is 1. The average molecular weight is 397 g/mol. The van der Waals surface area contributed by atoms with Crippen LogP contribution in [0.25, 0.3) is 11.5 Å². The van der Waals surface area contributed by atoms with E-state index in [9.17, 15) is 13.2 Å². The molecule has 2 heterocycles. The zero-order valence-corrected chi connectivity index (χ0v) is 15.4. The Bertz CT molecular complexity index is 1010. The van der Waals surface area contributed by atoms with Gasteiger partial charge in [-0.15, -0.1) is 11.3 Å². The summed E-state index contributed by atoms with van der Waals surface area (Å²) in [5, 5.41) is 4.94. The van der Waals surface area contributed by atoms with Crippen molar-refractivity contribution in [2.24, 2.45) is 0 Å². The number of hydrogen-bond acceptors (Lipinski definition) is 6. The number of aromatic nitrogens is 1. The molecule has 0 aliphatic heterocycles. The highest BCUT2D eigenvalue weighted by atomic mass is 35.5. The van der Waals surface area contributed by atoms with Gasteiger partial charge in [0.15, 0.2) is 20.7 Å². The van der Waals surface area contributed by atoms with E-state index in [0.29, 0.717) is 16.6 Å². The summed E-state index contributed by atoms with van der Waals surface area (Å²) in [6.07, 6.45) is 1.53. The zero-order valence-electron chi connectivity index (χ0n) is 13.0. The van der Waals surface area contributed by atoms with Gasteiger partial charge < -0.3 is 4.42 Å². The number of nitrogens with zero attached hydrogens (tertiary/aromatic N) is 1. The standard InChI is InChI=1S/C16H13ClN2O4S2/c1-2-25(21,22)14-6-5-10(17)8-11(14)15(20)19-16-18-12(9-24-16)13-4-3-7-23-13/h3-9H,2H2,1H3,(H,18,19,20). The molecule has 3 aromatic rings. The fourth-order valence-corrected chi connectivity index (χ4v) is 4.08. The minimum absolute atomic E-state index is 0.0101. The van der Waals surface area contributed by atoms with E-state index >= 15 is 0 Å². The lowest BCUT2D eigenvalue weighted by molar-refractivity contribution is 0.102. The molecule has 0 bridgehead atoms. The van der Waals surface area contributed by atoms with Crippen molar-refractivity contribution in [1.29, 1.82) is 0 Å². The predicted octanol–water partition coefficient (Wildman–Crippen LogP) is 4.10. The molecular weight excluding hydrogens is 384 g/mol. The smallest absolute Gasteiger partial charge is 0.258 e. The first kappa shape index (κ1) is 17.7. The summed E-state index contributed by atoms with van der Waals surface area (Å²) in [4.78, 5) is 16.8. The quantitative estimate of drug-likeness (QED) is 0.701. The van der Waals surface area contributed by atoms with Gasteiger partial charge in [-0.2, -0.15) is 0 Å². The molecule has 1 aromatic carbocycles. The lowest BCUT2D eigenvalue weighted by atomic mass is 10.2. The first-order valence-electron chi connectivity index (χ1n) is 7.24. The van der Waals surface area contributed by atoms with Gasteiger partial charge >= 0.3 is 0 Å². The summed E-state index contributed by atoms with van der Waals surface area (Å²) in [5.74, 6) is -0.127. The molecule has 0 radical (unpaired) electrons. The number of thiazole rings is 1. The Morgan fingerprint density at radius 3 is 2.84 bits per heavy atom. The van der Waals surface area contributed by atoms with Crippen LogP contribution in [0.5, 0.6) is 0 Å². The summed E-state index contributed by atoms with van der Waals surface area (Å²) in [5.41, 5.74) is 0.571. The molecule has 130 valence electrons. The molecule has 0 fully saturated rings. The Hall–Kier alpha value is -2.16. The van der Waals surface area contributed by atoms with Crippen LogP contribution in [-0.4, -0.2) is 25.1 Å². The average Bonchev–Trinajstić information content (AvgIpc) is 3.25. The number of benzene rings is 1. The first-order valence-corrected chi connectivity index (χ1v) is 10.1. The van der Waals surface area contributed by atoms with Crippen LogP contribution in [0.2, 0.25) is 5.02 Å². The van der Waals surface area contributed by atoms with Gasteiger partial charge in [0.1, 0.15) is 5.69 Å². The highest BCUT2D eigenvalue weighted by Gasteiger charge is 2.22. The fourth-order valence-electron chi connectivity index (χ4n) is 2.14. The highest BCUT2D eigenvalue weighted by molar-refractivity contribution is 7.91. The number of carbonyl (C=O) groups is 1. The van der Waals surface area contributed by atoms with E-state index < -0.39 is 15.7 Å². The van der Waals surface area contributed by atoms with Crippen LogP contribution in [-0.2, 0) is 9.84 Å². The predicted molar refractivity (Wildman–Crippen MR) is 96.9 cm³/mol. The molecule has 0 saturated carbocycles. The van der Waals surface area contributed by atoms with Gasteiger partial charge in [-0.05, 0) is 30.3 Å². The maximum atomic E-state index is 12.6. The molecular formula is C16H13ClN2O4S2. The minimum atomic E-state index is -3.56. The van der Waals surface area contributed by atoms with Crippen molar-refractivity contribution in [3.05, 3.63) is 52.6 Å². The van der Waals surface area contributed by atoms with Gasteiger partial charge in [-0.25, -0.2) is 13.4 Å². The molecule has 0 saturated heterocycles. The van der Waals surface area contributed by atoms with Crippen molar-refractivity contribution >= 4 is 43.8 Å². The molecule has 6 nitrogen and oxygen atoms in total. The van der Waals surface area contributed by atoms with Crippen molar-refractivity contribution in [2.45, 2.75) is 11.8 Å². The van der Waals surface area contributed by atoms with Gasteiger partial charge in [0.05, 0.1) is 22.5 Å². The lowest BCUT2D eigenvalue weighted by Gasteiger charge is -2.09. The fraction of sp³-hybridized carbons (Fsp3) is 0.125. The van der Waals surface area contributed by atoms with Gasteiger partial charge in [-0.3, -0.25) is 10.1 Å². The van der Waals surface area contributed by atoms with Crippen molar-refractivity contribution in [3.63, 3.8) is 0 Å². The summed E-state index contributed by atoms with van der Waals surface area (Å²) in [6, 6.07) is 7.61. The number of rotatable bonds is 5. The van der Waals surface area contributed by atoms with E-state index in [1.807, 2.05) is 0 Å². The molecule has 0 atom stereocenters. The van der Waals surface area contributed by atoms with Crippen LogP contribution in [0.1, 0.15) is 17.3 Å². The molecule has 0 aliphatic carbocycles. The molecule has 3 rings (SSSR count). The Balaban J connectivity index is 1.90. The van der Waals surface area contributed by atoms with Gasteiger partial charge in [0.2, 0.25) is 0 Å². The maximum absolute atomic E-state index is 12.6. The van der Waals surface area contributed by atoms with E-state index in [1.54, 1.807) is 17.5 Å². The number of nitrogens with one attached hydrogen (secondary N) is 1. The van der Waals surface area contributed by atoms with E-state index in [0.717, 1.165) is 0 Å². The number of amides is 1. The van der Waals surface area contributed by atoms with Gasteiger partial charge in [-0.1, -0.05) is 18.5 Å². The number of carbonyl (C=O) groups excluding carboxylic acids is 1. The van der Waals surface area contributed by atoms with Crippen LogP contribution >= 0.6 is 22.9 Å². The SMILES string of the molecule is CCS(=O)(=O)c1ccc(Cl)cc1C(=O)Nc1nc(-c2ccco2)cs1. The Morgan fingerprint density at radius 1 is 1.36 bits per heavy atom. The molecule has 0 aliphatic rings. The third kappa shape index (κ3) is 3.76. The van der Waals surface area contributed by atoms with E-state index in [4.69, 9.17) is 16.0 Å². The second kappa shape index (κ2) is 6.99. The summed E-state index contributed by atoms with van der Waals surface area (Å²) in [7, 11) is -3.56. The molecule has 25 heavy (non-hydrogen) atoms. The van der Waals surface area contributed by atoms with Crippen molar-refractivity contribution < 1.29 is 17.6 Å². The van der Waals surface area contributed by atoms with Gasteiger partial charge in [0.25, 0.3) is 5.91 Å². The van der Waals surface area contributed by atoms with Crippen LogP contribution in [0.4, 0.5) is 5.13 Å². The van der Waals surface area contributed by atoms with E-state index in [1.165, 1.54) is 42.7 Å². The molecule has 2 aromatic heterocycles. The number of furan rings is 1. The van der Waals surface area contributed by atoms with Crippen molar-refractivity contribution in [2.75, 3.05) is 11.1 Å². The molecule has 1 amide bonds. The normalized spacial score (nSPS) is 11.4. The minimum Gasteiger partial charge on any atom is -0.463 e. The second-order valence-electron chi connectivity index (χ2n) is 5.01. The van der Waals surface area contributed by atoms with Crippen molar-refractivity contribution in [3.8, 4) is 11.5 Å². The van der Waals surface area contributed by atoms with Gasteiger partial charge in [0, 0.05) is 10.4 Å². The summed E-state index contributed by atoms with van der Waals surface area (Å²) < 4.78 is 29.7. The van der Waals surface area contributed by atoms with E-state index in [2.05, 4.69) is 10.3 Å². The Labute approximate surface area is 153 Å². The molecule has 1 N–H and O–H groups in total. The molecule has 9 heteroatoms. The number of hydrogen-bond donors (Lipinski definition) is 1. The third-order valence-corrected chi connectivity index (χ3v) is 6.18. The molecule has 0 unspecified atom stereocenters. The Kier molecular flexibility index (Phi) is 4.94. The monoisotopic (exact) mass is 396 g/mol. The van der Waals surface area contributed by atoms with Crippen LogP contribution in [0.3, 0.4) is 0 Å².